The minimum Gasteiger partial charge on any atom is -0.460 e. The first-order valence-corrected chi connectivity index (χ1v) is 9.17. The lowest BCUT2D eigenvalue weighted by Gasteiger charge is -2.31. The Morgan fingerprint density at radius 3 is 2.52 bits per heavy atom. The van der Waals surface area contributed by atoms with Crippen LogP contribution in [0.3, 0.4) is 0 Å². The van der Waals surface area contributed by atoms with E-state index in [1.165, 1.54) is 0 Å². The van der Waals surface area contributed by atoms with Crippen LogP contribution in [0.2, 0.25) is 0 Å². The van der Waals surface area contributed by atoms with Crippen molar-refractivity contribution in [3.05, 3.63) is 69.2 Å². The third-order valence-corrected chi connectivity index (χ3v) is 4.42. The molecule has 4 nitrogen and oxygen atoms in total. The standard InChI is InChI=1S/C21H22F4N2O2/c1-6-7-16-18(20(28)29-11(2)3)17(19(26-5)12(4)27-16)14-9-8-13(22)10-15(14)21(23,24)25/h8-11,17,27H,6-7H2,1-4H3. The number of hydrogen-bond donors (Lipinski definition) is 1. The SMILES string of the molecule is [C-]#[N+]C1=C(C)NC(CCC)=C(C(=O)OC(C)C)C1c1ccc(F)cc1C(F)(F)F. The molecule has 0 fully saturated rings. The third-order valence-electron chi connectivity index (χ3n) is 4.42. The van der Waals surface area contributed by atoms with Crippen molar-refractivity contribution in [3.63, 3.8) is 0 Å². The fraction of sp³-hybridized carbons (Fsp3) is 0.429. The maximum absolute atomic E-state index is 13.7. The summed E-state index contributed by atoms with van der Waals surface area (Å²) in [6.45, 7) is 14.2. The first-order chi connectivity index (χ1) is 13.5. The van der Waals surface area contributed by atoms with Crippen molar-refractivity contribution in [2.24, 2.45) is 0 Å². The van der Waals surface area contributed by atoms with Crippen LogP contribution in [-0.4, -0.2) is 12.1 Å². The molecule has 0 spiro atoms. The van der Waals surface area contributed by atoms with Gasteiger partial charge in [-0.05, 0) is 44.9 Å². The van der Waals surface area contributed by atoms with Gasteiger partial charge in [-0.1, -0.05) is 19.4 Å². The van der Waals surface area contributed by atoms with Crippen molar-refractivity contribution in [1.82, 2.24) is 5.32 Å². The van der Waals surface area contributed by atoms with Crippen molar-refractivity contribution < 1.29 is 27.1 Å². The molecule has 1 aromatic rings. The highest BCUT2D eigenvalue weighted by molar-refractivity contribution is 5.93. The van der Waals surface area contributed by atoms with Gasteiger partial charge in [0.1, 0.15) is 5.82 Å². The molecular formula is C21H22F4N2O2. The van der Waals surface area contributed by atoms with Crippen molar-refractivity contribution in [1.29, 1.82) is 0 Å². The van der Waals surface area contributed by atoms with Gasteiger partial charge in [-0.3, -0.25) is 0 Å². The van der Waals surface area contributed by atoms with Gasteiger partial charge in [0.2, 0.25) is 0 Å². The predicted octanol–water partition coefficient (Wildman–Crippen LogP) is 5.69. The van der Waals surface area contributed by atoms with Gasteiger partial charge >= 0.3 is 12.1 Å². The van der Waals surface area contributed by atoms with E-state index in [1.54, 1.807) is 20.8 Å². The van der Waals surface area contributed by atoms with Gasteiger partial charge in [0.05, 0.1) is 29.7 Å². The molecule has 1 unspecified atom stereocenters. The molecule has 1 N–H and O–H groups in total. The largest absolute Gasteiger partial charge is 0.460 e. The number of alkyl halides is 3. The number of nitrogens with one attached hydrogen (secondary N) is 1. The van der Waals surface area contributed by atoms with Gasteiger partial charge in [-0.2, -0.15) is 13.2 Å². The first kappa shape index (κ1) is 22.5. The van der Waals surface area contributed by atoms with Crippen molar-refractivity contribution >= 4 is 5.97 Å². The highest BCUT2D eigenvalue weighted by Gasteiger charge is 2.42. The maximum atomic E-state index is 13.7. The number of dihydropyridines is 1. The molecule has 0 radical (unpaired) electrons. The molecule has 0 saturated heterocycles. The molecule has 29 heavy (non-hydrogen) atoms. The Labute approximate surface area is 167 Å². The van der Waals surface area contributed by atoms with Gasteiger partial charge in [0.15, 0.2) is 5.70 Å². The van der Waals surface area contributed by atoms with E-state index in [0.717, 1.165) is 12.1 Å². The zero-order valence-electron chi connectivity index (χ0n) is 16.6. The van der Waals surface area contributed by atoms with Crippen LogP contribution in [-0.2, 0) is 15.7 Å². The summed E-state index contributed by atoms with van der Waals surface area (Å²) in [5.74, 6) is -3.16. The number of hydrogen-bond acceptors (Lipinski definition) is 3. The Kier molecular flexibility index (Phi) is 6.73. The molecule has 0 aliphatic carbocycles. The zero-order chi connectivity index (χ0) is 21.9. The number of carbonyl (C=O) groups excluding carboxylic acids is 1. The van der Waals surface area contributed by atoms with E-state index >= 15 is 0 Å². The minimum atomic E-state index is -4.86. The summed E-state index contributed by atoms with van der Waals surface area (Å²) < 4.78 is 60.0. The molecule has 1 heterocycles. The molecule has 2 rings (SSSR count). The lowest BCUT2D eigenvalue weighted by atomic mass is 9.81. The second-order valence-electron chi connectivity index (χ2n) is 7.01. The summed E-state index contributed by atoms with van der Waals surface area (Å²) in [5, 5.41) is 2.98. The van der Waals surface area contributed by atoms with Gasteiger partial charge in [0, 0.05) is 11.4 Å². The van der Waals surface area contributed by atoms with Crippen LogP contribution >= 0.6 is 0 Å². The molecule has 0 saturated carbocycles. The van der Waals surface area contributed by atoms with Gasteiger partial charge < -0.3 is 10.1 Å². The molecule has 1 aliphatic heterocycles. The van der Waals surface area contributed by atoms with Crippen molar-refractivity contribution in [3.8, 4) is 0 Å². The second-order valence-corrected chi connectivity index (χ2v) is 7.01. The Morgan fingerprint density at radius 2 is 2.00 bits per heavy atom. The number of ether oxygens (including phenoxy) is 1. The molecule has 8 heteroatoms. The molecule has 1 aliphatic rings. The van der Waals surface area contributed by atoms with E-state index in [1.807, 2.05) is 6.92 Å². The minimum absolute atomic E-state index is 0.0470. The van der Waals surface area contributed by atoms with E-state index in [4.69, 9.17) is 11.3 Å². The average Bonchev–Trinajstić information content (AvgIpc) is 2.60. The molecule has 0 bridgehead atoms. The Balaban J connectivity index is 2.83. The summed E-state index contributed by atoms with van der Waals surface area (Å²) in [6, 6.07) is 2.27. The molecule has 1 aromatic carbocycles. The summed E-state index contributed by atoms with van der Waals surface area (Å²) in [4.78, 5) is 16.3. The zero-order valence-corrected chi connectivity index (χ0v) is 16.6. The monoisotopic (exact) mass is 410 g/mol. The van der Waals surface area contributed by atoms with Gasteiger partial charge in [0.25, 0.3) is 0 Å². The van der Waals surface area contributed by atoms with Crippen LogP contribution < -0.4 is 5.32 Å². The Morgan fingerprint density at radius 1 is 1.34 bits per heavy atom. The third kappa shape index (κ3) is 4.78. The quantitative estimate of drug-likeness (QED) is 0.385. The highest BCUT2D eigenvalue weighted by Crippen LogP contribution is 2.45. The highest BCUT2D eigenvalue weighted by atomic mass is 19.4. The van der Waals surface area contributed by atoms with Crippen LogP contribution in [0.15, 0.2) is 40.9 Å². The molecule has 0 aromatic heterocycles. The van der Waals surface area contributed by atoms with Crippen LogP contribution in [0, 0.1) is 12.4 Å². The number of carbonyl (C=O) groups is 1. The summed E-state index contributed by atoms with van der Waals surface area (Å²) in [7, 11) is 0. The normalized spacial score (nSPS) is 17.3. The summed E-state index contributed by atoms with van der Waals surface area (Å²) in [5.41, 5.74) is -0.913. The van der Waals surface area contributed by atoms with E-state index in [0.29, 0.717) is 30.3 Å². The summed E-state index contributed by atoms with van der Waals surface area (Å²) >= 11 is 0. The molecule has 156 valence electrons. The number of nitrogens with zero attached hydrogens (tertiary/aromatic N) is 1. The van der Waals surface area contributed by atoms with E-state index in [9.17, 15) is 22.4 Å². The lowest BCUT2D eigenvalue weighted by molar-refractivity contribution is -0.143. The number of rotatable bonds is 5. The second kappa shape index (κ2) is 8.68. The van der Waals surface area contributed by atoms with Crippen LogP contribution in [0.25, 0.3) is 4.85 Å². The van der Waals surface area contributed by atoms with E-state index < -0.39 is 35.5 Å². The van der Waals surface area contributed by atoms with Crippen LogP contribution in [0.4, 0.5) is 17.6 Å². The van der Waals surface area contributed by atoms with Gasteiger partial charge in [-0.15, -0.1) is 0 Å². The summed E-state index contributed by atoms with van der Waals surface area (Å²) in [6.07, 6.45) is -4.37. The van der Waals surface area contributed by atoms with Gasteiger partial charge in [-0.25, -0.2) is 14.0 Å². The van der Waals surface area contributed by atoms with Crippen molar-refractivity contribution in [2.75, 3.05) is 0 Å². The maximum Gasteiger partial charge on any atom is 0.416 e. The first-order valence-electron chi connectivity index (χ1n) is 9.17. The Hall–Kier alpha value is -2.82. The van der Waals surface area contributed by atoms with E-state index in [-0.39, 0.29) is 16.8 Å². The van der Waals surface area contributed by atoms with E-state index in [2.05, 4.69) is 10.2 Å². The molecular weight excluding hydrogens is 388 g/mol. The number of benzene rings is 1. The van der Waals surface area contributed by atoms with Crippen molar-refractivity contribution in [2.45, 2.75) is 58.7 Å². The van der Waals surface area contributed by atoms with Crippen LogP contribution in [0.1, 0.15) is 57.6 Å². The molecule has 0 amide bonds. The lowest BCUT2D eigenvalue weighted by Crippen LogP contribution is -2.31. The predicted molar refractivity (Wildman–Crippen MR) is 99.7 cm³/mol. The Bertz CT molecular complexity index is 908. The van der Waals surface area contributed by atoms with Crippen LogP contribution in [0.5, 0.6) is 0 Å². The molecule has 1 atom stereocenters. The smallest absolute Gasteiger partial charge is 0.416 e. The fourth-order valence-electron chi connectivity index (χ4n) is 3.33. The number of esters is 1. The fourth-order valence-corrected chi connectivity index (χ4v) is 3.33. The average molecular weight is 410 g/mol. The number of halogens is 4. The topological polar surface area (TPSA) is 42.7 Å². The number of allylic oxidation sites excluding steroid dienone is 3.